The molecule has 2 N–H and O–H groups in total. The third kappa shape index (κ3) is 2.95. The monoisotopic (exact) mass is 399 g/mol. The van der Waals surface area contributed by atoms with E-state index in [1.807, 2.05) is 0 Å². The van der Waals surface area contributed by atoms with E-state index in [4.69, 9.17) is 11.6 Å². The van der Waals surface area contributed by atoms with E-state index in [9.17, 15) is 14.4 Å². The van der Waals surface area contributed by atoms with Gasteiger partial charge in [0, 0.05) is 4.47 Å². The predicted molar refractivity (Wildman–Crippen MR) is 87.8 cm³/mol. The first-order valence-corrected chi connectivity index (χ1v) is 8.53. The number of halogens is 2. The molecule has 1 aromatic rings. The maximum absolute atomic E-state index is 12.6. The van der Waals surface area contributed by atoms with Crippen molar-refractivity contribution in [3.8, 4) is 0 Å². The van der Waals surface area contributed by atoms with Crippen LogP contribution < -0.4 is 10.7 Å². The van der Waals surface area contributed by atoms with Crippen LogP contribution in [0.25, 0.3) is 0 Å². The summed E-state index contributed by atoms with van der Waals surface area (Å²) >= 11 is 9.29. The summed E-state index contributed by atoms with van der Waals surface area (Å²) in [6, 6.07) is 4.16. The van der Waals surface area contributed by atoms with Gasteiger partial charge in [0.15, 0.2) is 0 Å². The Kier molecular flexibility index (Phi) is 4.33. The summed E-state index contributed by atoms with van der Waals surface area (Å²) in [7, 11) is 0. The number of nitrogens with one attached hydrogen (secondary N) is 2. The molecular weight excluding hydrogens is 386 g/mol. The fourth-order valence-electron chi connectivity index (χ4n) is 3.05. The molecule has 3 rings (SSSR count). The number of hydrogen-bond acceptors (Lipinski definition) is 3. The average molecular weight is 401 g/mol. The molecule has 1 spiro atoms. The summed E-state index contributed by atoms with van der Waals surface area (Å²) in [5.74, 6) is -0.998. The topological polar surface area (TPSA) is 78.5 Å². The van der Waals surface area contributed by atoms with Crippen LogP contribution in [-0.4, -0.2) is 28.4 Å². The first kappa shape index (κ1) is 16.3. The van der Waals surface area contributed by atoms with Gasteiger partial charge < -0.3 is 5.32 Å². The lowest BCUT2D eigenvalue weighted by Crippen LogP contribution is -2.51. The Hall–Kier alpha value is -1.60. The van der Waals surface area contributed by atoms with Gasteiger partial charge in [0.2, 0.25) is 0 Å². The van der Waals surface area contributed by atoms with Crippen LogP contribution in [0.3, 0.4) is 0 Å². The Balaban J connectivity index is 1.78. The van der Waals surface area contributed by atoms with Crippen molar-refractivity contribution in [3.63, 3.8) is 0 Å². The summed E-state index contributed by atoms with van der Waals surface area (Å²) in [6.45, 7) is 0. The third-order valence-electron chi connectivity index (χ3n) is 4.26. The zero-order chi connectivity index (χ0) is 16.6. The van der Waals surface area contributed by atoms with E-state index in [0.29, 0.717) is 12.8 Å². The maximum atomic E-state index is 12.6. The number of imide groups is 1. The number of rotatable bonds is 2. The maximum Gasteiger partial charge on any atom is 0.344 e. The number of urea groups is 1. The third-order valence-corrected chi connectivity index (χ3v) is 5.06. The highest BCUT2D eigenvalue weighted by Crippen LogP contribution is 2.33. The van der Waals surface area contributed by atoms with Crippen LogP contribution in [-0.2, 0) is 4.79 Å². The van der Waals surface area contributed by atoms with Crippen molar-refractivity contribution in [1.29, 1.82) is 0 Å². The molecule has 0 atom stereocenters. The van der Waals surface area contributed by atoms with Gasteiger partial charge in [-0.25, -0.2) is 4.79 Å². The minimum absolute atomic E-state index is 0.195. The normalized spacial score (nSPS) is 19.8. The second-order valence-corrected chi connectivity index (χ2v) is 7.10. The van der Waals surface area contributed by atoms with Crippen molar-refractivity contribution in [2.45, 2.75) is 37.6 Å². The van der Waals surface area contributed by atoms with Gasteiger partial charge in [-0.2, -0.15) is 5.01 Å². The smallest absolute Gasteiger partial charge is 0.322 e. The number of carbonyl (C=O) groups is 3. The van der Waals surface area contributed by atoms with Crippen molar-refractivity contribution in [2.75, 3.05) is 0 Å². The summed E-state index contributed by atoms with van der Waals surface area (Å²) in [4.78, 5) is 37.0. The average Bonchev–Trinajstić information content (AvgIpc) is 2.72. The largest absolute Gasteiger partial charge is 0.344 e. The lowest BCUT2D eigenvalue weighted by Gasteiger charge is -2.30. The van der Waals surface area contributed by atoms with Gasteiger partial charge >= 0.3 is 6.03 Å². The van der Waals surface area contributed by atoms with E-state index in [1.54, 1.807) is 12.1 Å². The van der Waals surface area contributed by atoms with E-state index in [-0.39, 0.29) is 10.6 Å². The Morgan fingerprint density at radius 2 is 1.96 bits per heavy atom. The first-order valence-electron chi connectivity index (χ1n) is 7.36. The lowest BCUT2D eigenvalue weighted by molar-refractivity contribution is -0.134. The van der Waals surface area contributed by atoms with Gasteiger partial charge in [0.1, 0.15) is 5.54 Å². The van der Waals surface area contributed by atoms with Crippen LogP contribution in [0.2, 0.25) is 5.02 Å². The number of hydrazine groups is 1. The number of amides is 4. The van der Waals surface area contributed by atoms with Crippen molar-refractivity contribution >= 4 is 45.4 Å². The first-order chi connectivity index (χ1) is 10.9. The molecule has 4 amide bonds. The minimum atomic E-state index is -0.869. The van der Waals surface area contributed by atoms with Crippen LogP contribution in [0.15, 0.2) is 22.7 Å². The van der Waals surface area contributed by atoms with E-state index in [2.05, 4.69) is 26.7 Å². The van der Waals surface area contributed by atoms with E-state index in [0.717, 1.165) is 28.7 Å². The van der Waals surface area contributed by atoms with Crippen LogP contribution in [0.1, 0.15) is 42.5 Å². The van der Waals surface area contributed by atoms with Gasteiger partial charge in [-0.15, -0.1) is 0 Å². The van der Waals surface area contributed by atoms with Crippen molar-refractivity contribution in [2.24, 2.45) is 0 Å². The fourth-order valence-corrected chi connectivity index (χ4v) is 3.81. The van der Waals surface area contributed by atoms with Crippen LogP contribution in [0, 0.1) is 0 Å². The number of nitrogens with zero attached hydrogens (tertiary/aromatic N) is 1. The molecule has 8 heteroatoms. The SMILES string of the molecule is O=C(NN1C(=O)NC2(CCCCC2)C1=O)c1ccc(Br)cc1Cl. The summed E-state index contributed by atoms with van der Waals surface area (Å²) < 4.78 is 0.732. The molecule has 0 unspecified atom stereocenters. The fraction of sp³-hybridized carbons (Fsp3) is 0.400. The number of benzene rings is 1. The second-order valence-electron chi connectivity index (χ2n) is 5.78. The zero-order valence-corrected chi connectivity index (χ0v) is 14.5. The highest BCUT2D eigenvalue weighted by atomic mass is 79.9. The minimum Gasteiger partial charge on any atom is -0.322 e. The van der Waals surface area contributed by atoms with Gasteiger partial charge in [-0.05, 0) is 31.0 Å². The van der Waals surface area contributed by atoms with Crippen molar-refractivity contribution in [3.05, 3.63) is 33.3 Å². The molecule has 2 aliphatic rings. The van der Waals surface area contributed by atoms with Crippen LogP contribution >= 0.6 is 27.5 Å². The molecule has 6 nitrogen and oxygen atoms in total. The summed E-state index contributed by atoms with van der Waals surface area (Å²) in [5.41, 5.74) is 1.69. The van der Waals surface area contributed by atoms with E-state index in [1.165, 1.54) is 6.07 Å². The van der Waals surface area contributed by atoms with Crippen LogP contribution in [0.4, 0.5) is 4.79 Å². The number of hydrogen-bond donors (Lipinski definition) is 2. The van der Waals surface area contributed by atoms with Crippen LogP contribution in [0.5, 0.6) is 0 Å². The summed E-state index contributed by atoms with van der Waals surface area (Å²) in [5, 5.41) is 3.73. The van der Waals surface area contributed by atoms with Gasteiger partial charge in [0.05, 0.1) is 10.6 Å². The lowest BCUT2D eigenvalue weighted by atomic mass is 9.82. The van der Waals surface area contributed by atoms with Gasteiger partial charge in [-0.1, -0.05) is 46.8 Å². The molecule has 0 radical (unpaired) electrons. The predicted octanol–water partition coefficient (Wildman–Crippen LogP) is 3.00. The Bertz CT molecular complexity index is 689. The Morgan fingerprint density at radius 3 is 2.61 bits per heavy atom. The van der Waals surface area contributed by atoms with Gasteiger partial charge in [-0.3, -0.25) is 15.0 Å². The molecule has 1 aliphatic heterocycles. The molecule has 1 saturated heterocycles. The molecular formula is C15H15BrClN3O3. The highest BCUT2D eigenvalue weighted by molar-refractivity contribution is 9.10. The molecule has 122 valence electrons. The van der Waals surface area contributed by atoms with Crippen molar-refractivity contribution in [1.82, 2.24) is 15.8 Å². The van der Waals surface area contributed by atoms with Crippen molar-refractivity contribution < 1.29 is 14.4 Å². The molecule has 1 heterocycles. The molecule has 0 bridgehead atoms. The molecule has 23 heavy (non-hydrogen) atoms. The standard InChI is InChI=1S/C15H15BrClN3O3/c16-9-4-5-10(11(17)8-9)12(21)19-20-13(22)15(18-14(20)23)6-2-1-3-7-15/h4-5,8H,1-3,6-7H2,(H,18,23)(H,19,21). The van der Waals surface area contributed by atoms with E-state index < -0.39 is 23.4 Å². The molecule has 1 aliphatic carbocycles. The Labute approximate surface area is 146 Å². The summed E-state index contributed by atoms with van der Waals surface area (Å²) in [6.07, 6.45) is 4.01. The molecule has 1 saturated carbocycles. The molecule has 2 fully saturated rings. The second kappa shape index (κ2) is 6.13. The zero-order valence-electron chi connectivity index (χ0n) is 12.2. The highest BCUT2D eigenvalue weighted by Gasteiger charge is 2.52. The Morgan fingerprint density at radius 1 is 1.26 bits per heavy atom. The quantitative estimate of drug-likeness (QED) is 0.749. The number of carbonyl (C=O) groups excluding carboxylic acids is 3. The molecule has 0 aromatic heterocycles. The molecule has 1 aromatic carbocycles. The van der Waals surface area contributed by atoms with E-state index >= 15 is 0 Å². The van der Waals surface area contributed by atoms with Gasteiger partial charge in [0.25, 0.3) is 11.8 Å².